The second kappa shape index (κ2) is 3.72. The predicted octanol–water partition coefficient (Wildman–Crippen LogP) is 0.0445. The smallest absolute Gasteiger partial charge is 0.388 e. The van der Waals surface area contributed by atoms with E-state index in [1.807, 2.05) is 0 Å². The third-order valence-corrected chi connectivity index (χ3v) is 0.753. The van der Waals surface area contributed by atoms with Crippen molar-refractivity contribution < 1.29 is 23.4 Å². The van der Waals surface area contributed by atoms with Crippen LogP contribution in [-0.4, -0.2) is 29.5 Å². The van der Waals surface area contributed by atoms with Gasteiger partial charge in [0.2, 0.25) is 0 Å². The van der Waals surface area contributed by atoms with E-state index >= 15 is 0 Å². The van der Waals surface area contributed by atoms with Crippen LogP contribution in [0.2, 0.25) is 0 Å². The molecule has 0 aliphatic heterocycles. The Kier molecular flexibility index (Phi) is 3.59. The molecule has 60 valence electrons. The van der Waals surface area contributed by atoms with Gasteiger partial charge >= 0.3 is 11.2 Å². The Hall–Kier alpha value is -0.360. The van der Waals surface area contributed by atoms with Gasteiger partial charge in [-0.05, 0) is 0 Å². The van der Waals surface area contributed by atoms with Crippen LogP contribution in [0.4, 0.5) is 8.78 Å². The summed E-state index contributed by atoms with van der Waals surface area (Å²) in [7, 11) is 0. The Morgan fingerprint density at radius 3 is 2.50 bits per heavy atom. The molecule has 0 atom stereocenters. The number of aliphatic hydroxyl groups excluding tert-OH is 1. The topological polar surface area (TPSA) is 46.5 Å². The van der Waals surface area contributed by atoms with Crippen LogP contribution in [-0.2, 0) is 9.53 Å². The normalized spacial score (nSPS) is 11.2. The molecule has 3 nitrogen and oxygen atoms in total. The number of esters is 1. The fraction of sp³-hybridized carbons (Fsp3) is 0.750. The minimum atomic E-state index is -3.77. The summed E-state index contributed by atoms with van der Waals surface area (Å²) in [6.07, 6.45) is 0. The fourth-order valence-electron chi connectivity index (χ4n) is 0.225. The maximum atomic E-state index is 11.7. The average molecular weight is 172 g/mol. The van der Waals surface area contributed by atoms with Crippen molar-refractivity contribution in [1.29, 1.82) is 0 Å². The molecule has 0 aromatic heterocycles. The second-order valence-electron chi connectivity index (χ2n) is 1.40. The van der Waals surface area contributed by atoms with Gasteiger partial charge in [-0.15, -0.1) is 0 Å². The molecule has 0 saturated heterocycles. The van der Waals surface area contributed by atoms with Crippen LogP contribution in [0.3, 0.4) is 0 Å². The lowest BCUT2D eigenvalue weighted by Gasteiger charge is -2.06. The van der Waals surface area contributed by atoms with Crippen LogP contribution in [0.15, 0.2) is 0 Å². The molecule has 6 heteroatoms. The zero-order valence-corrected chi connectivity index (χ0v) is 5.78. The first kappa shape index (κ1) is 9.64. The molecule has 0 radical (unpaired) electrons. The number of ether oxygens (including phenoxy) is 1. The Labute approximate surface area is 61.4 Å². The molecular formula is C4H6F2O3S. The Balaban J connectivity index is 3.64. The first-order chi connectivity index (χ1) is 4.48. The van der Waals surface area contributed by atoms with Crippen molar-refractivity contribution in [3.63, 3.8) is 0 Å². The second-order valence-corrected chi connectivity index (χ2v) is 1.96. The summed E-state index contributed by atoms with van der Waals surface area (Å²) >= 11 is 2.63. The molecule has 0 aliphatic rings. The van der Waals surface area contributed by atoms with Gasteiger partial charge in [0.15, 0.2) is 0 Å². The number of rotatable bonds is 3. The van der Waals surface area contributed by atoms with Gasteiger partial charge in [0.25, 0.3) is 0 Å². The van der Waals surface area contributed by atoms with Crippen molar-refractivity contribution in [2.75, 3.05) is 13.2 Å². The number of hydrogen-bond acceptors (Lipinski definition) is 4. The van der Waals surface area contributed by atoms with E-state index in [4.69, 9.17) is 5.11 Å². The molecule has 1 N–H and O–H groups in total. The monoisotopic (exact) mass is 172 g/mol. The lowest BCUT2D eigenvalue weighted by molar-refractivity contribution is -0.160. The molecule has 0 bridgehead atoms. The van der Waals surface area contributed by atoms with Crippen molar-refractivity contribution in [2.45, 2.75) is 5.25 Å². The first-order valence-corrected chi connectivity index (χ1v) is 2.81. The minimum absolute atomic E-state index is 0.436. The average Bonchev–Trinajstić information content (AvgIpc) is 1.80. The van der Waals surface area contributed by atoms with Gasteiger partial charge in [-0.1, -0.05) is 12.6 Å². The van der Waals surface area contributed by atoms with E-state index in [2.05, 4.69) is 17.4 Å². The molecule has 0 saturated carbocycles. The highest BCUT2D eigenvalue weighted by Gasteiger charge is 2.35. The van der Waals surface area contributed by atoms with Crippen LogP contribution in [0.1, 0.15) is 0 Å². The number of carbonyl (C=O) groups excluding carboxylic acids is 1. The zero-order chi connectivity index (χ0) is 8.20. The third kappa shape index (κ3) is 3.62. The molecular weight excluding hydrogens is 166 g/mol. The number of halogens is 2. The van der Waals surface area contributed by atoms with Crippen LogP contribution in [0.5, 0.6) is 0 Å². The van der Waals surface area contributed by atoms with Gasteiger partial charge in [-0.25, -0.2) is 4.79 Å². The van der Waals surface area contributed by atoms with E-state index in [9.17, 15) is 13.6 Å². The predicted molar refractivity (Wildman–Crippen MR) is 32.0 cm³/mol. The number of thiol groups is 1. The lowest BCUT2D eigenvalue weighted by atomic mass is 10.7. The summed E-state index contributed by atoms with van der Waals surface area (Å²) in [5.41, 5.74) is 0. The maximum absolute atomic E-state index is 11.7. The van der Waals surface area contributed by atoms with E-state index in [-0.39, 0.29) is 0 Å². The van der Waals surface area contributed by atoms with E-state index in [1.165, 1.54) is 0 Å². The Bertz CT molecular complexity index is 122. The molecule has 0 aromatic rings. The highest BCUT2D eigenvalue weighted by Crippen LogP contribution is 2.19. The molecule has 0 unspecified atom stereocenters. The number of carbonyl (C=O) groups is 1. The number of hydrogen-bond donors (Lipinski definition) is 2. The fourth-order valence-corrected chi connectivity index (χ4v) is 0.290. The molecule has 0 heterocycles. The van der Waals surface area contributed by atoms with Gasteiger partial charge in [-0.3, -0.25) is 0 Å². The maximum Gasteiger partial charge on any atom is 0.388 e. The summed E-state index contributed by atoms with van der Waals surface area (Å²) in [6.45, 7) is -0.912. The van der Waals surface area contributed by atoms with E-state index < -0.39 is 24.4 Å². The summed E-state index contributed by atoms with van der Waals surface area (Å²) in [6, 6.07) is 0. The van der Waals surface area contributed by atoms with E-state index in [0.29, 0.717) is 0 Å². The summed E-state index contributed by atoms with van der Waals surface area (Å²) in [4.78, 5) is 10.1. The molecule has 0 amide bonds. The number of aliphatic hydroxyl groups is 1. The van der Waals surface area contributed by atoms with Crippen molar-refractivity contribution >= 4 is 18.6 Å². The Morgan fingerprint density at radius 2 is 2.20 bits per heavy atom. The van der Waals surface area contributed by atoms with Gasteiger partial charge in [0, 0.05) is 0 Å². The standard InChI is InChI=1S/C4H6F2O3S/c5-4(6,10)3(8)9-2-1-7/h7,10H,1-2H2. The summed E-state index contributed by atoms with van der Waals surface area (Å²) < 4.78 is 27.3. The summed E-state index contributed by atoms with van der Waals surface area (Å²) in [5.74, 6) is -1.75. The molecule has 0 aliphatic carbocycles. The van der Waals surface area contributed by atoms with Crippen molar-refractivity contribution in [2.24, 2.45) is 0 Å². The first-order valence-electron chi connectivity index (χ1n) is 2.36. The SMILES string of the molecule is O=C(OCCO)C(F)(F)S. The number of alkyl halides is 2. The summed E-state index contributed by atoms with van der Waals surface area (Å²) in [5, 5.41) is 4.27. The highest BCUT2D eigenvalue weighted by molar-refractivity contribution is 7.82. The lowest BCUT2D eigenvalue weighted by Crippen LogP contribution is -2.25. The third-order valence-electron chi connectivity index (χ3n) is 0.570. The quantitative estimate of drug-likeness (QED) is 0.467. The van der Waals surface area contributed by atoms with E-state index in [0.717, 1.165) is 0 Å². The molecule has 0 aromatic carbocycles. The van der Waals surface area contributed by atoms with Crippen LogP contribution in [0, 0.1) is 0 Å². The molecule has 10 heavy (non-hydrogen) atoms. The van der Waals surface area contributed by atoms with Crippen LogP contribution < -0.4 is 0 Å². The molecule has 0 fully saturated rings. The minimum Gasteiger partial charge on any atom is -0.458 e. The molecule has 0 rings (SSSR count). The van der Waals surface area contributed by atoms with E-state index in [1.54, 1.807) is 0 Å². The Morgan fingerprint density at radius 1 is 1.70 bits per heavy atom. The highest BCUT2D eigenvalue weighted by atomic mass is 32.1. The zero-order valence-electron chi connectivity index (χ0n) is 4.88. The van der Waals surface area contributed by atoms with Crippen molar-refractivity contribution in [3.8, 4) is 0 Å². The van der Waals surface area contributed by atoms with Gasteiger partial charge in [0.05, 0.1) is 6.61 Å². The largest absolute Gasteiger partial charge is 0.458 e. The van der Waals surface area contributed by atoms with Crippen LogP contribution in [0.25, 0.3) is 0 Å². The van der Waals surface area contributed by atoms with Gasteiger partial charge < -0.3 is 9.84 Å². The van der Waals surface area contributed by atoms with Gasteiger partial charge in [-0.2, -0.15) is 8.78 Å². The van der Waals surface area contributed by atoms with Crippen molar-refractivity contribution in [3.05, 3.63) is 0 Å². The van der Waals surface area contributed by atoms with Gasteiger partial charge in [0.1, 0.15) is 6.61 Å². The molecule has 0 spiro atoms. The van der Waals surface area contributed by atoms with Crippen LogP contribution >= 0.6 is 12.6 Å². The van der Waals surface area contributed by atoms with Crippen molar-refractivity contribution in [1.82, 2.24) is 0 Å².